The Morgan fingerprint density at radius 2 is 1.50 bits per heavy atom. The summed E-state index contributed by atoms with van der Waals surface area (Å²) >= 11 is 0. The van der Waals surface area contributed by atoms with Gasteiger partial charge >= 0.3 is 0 Å². The van der Waals surface area contributed by atoms with Crippen molar-refractivity contribution in [1.29, 1.82) is 0 Å². The number of aromatic nitrogens is 3. The molecule has 0 saturated carbocycles. The van der Waals surface area contributed by atoms with Gasteiger partial charge in [-0.15, -0.1) is 17.5 Å². The molecule has 0 bridgehead atoms. The second kappa shape index (κ2) is 12.8. The summed E-state index contributed by atoms with van der Waals surface area (Å²) in [6.45, 7) is 15.3. The maximum Gasteiger partial charge on any atom is 0.135 e. The molecule has 50 heavy (non-hydrogen) atoms. The maximum absolute atomic E-state index is 6.39. The molecule has 0 unspecified atom stereocenters. The SMILES string of the molecule is Cc1cc(C)c(-c2ccc3c(c2)c2ccc(Oc4[c-]c(N5[CH-]N(C)c6ccccc65)ccn4)[c-]c2n3-c2cc(C(C)(C)C)ccn2)c(C)c1.[Pt]. The summed E-state index contributed by atoms with van der Waals surface area (Å²) in [6.07, 6.45) is 3.65. The van der Waals surface area contributed by atoms with Crippen LogP contribution in [0.2, 0.25) is 0 Å². The van der Waals surface area contributed by atoms with Crippen molar-refractivity contribution in [3.05, 3.63) is 138 Å². The van der Waals surface area contributed by atoms with Crippen LogP contribution >= 0.6 is 0 Å². The number of pyridine rings is 2. The molecule has 0 N–H and O–H groups in total. The van der Waals surface area contributed by atoms with E-state index in [9.17, 15) is 0 Å². The molecule has 0 aliphatic carbocycles. The van der Waals surface area contributed by atoms with Gasteiger partial charge in [0.25, 0.3) is 0 Å². The molecule has 0 saturated heterocycles. The molecule has 6 nitrogen and oxygen atoms in total. The standard InChI is InChI=1S/C43H38N5O.Pt/c1-27-20-28(2)42(29(3)21-27)30-12-15-36-35(22-30)34-14-13-33(25-39(34)48(36)40-23-31(16-18-44-40)43(4,5)6)49-41-24-32(17-19-45-41)47-26-46(7)37-10-8-9-11-38(37)47;/h8-23,26H,1-7H3;/q-3;. The average molecular weight is 836 g/mol. The van der Waals surface area contributed by atoms with Gasteiger partial charge in [0.2, 0.25) is 0 Å². The number of fused-ring (bicyclic) bond motifs is 4. The van der Waals surface area contributed by atoms with Crippen molar-refractivity contribution in [3.63, 3.8) is 0 Å². The van der Waals surface area contributed by atoms with Crippen molar-refractivity contribution in [2.75, 3.05) is 16.8 Å². The molecule has 0 amide bonds. The van der Waals surface area contributed by atoms with E-state index in [1.807, 2.05) is 44.2 Å². The van der Waals surface area contributed by atoms with Gasteiger partial charge in [-0.3, -0.25) is 4.98 Å². The van der Waals surface area contributed by atoms with Crippen LogP contribution in [-0.4, -0.2) is 21.6 Å². The third kappa shape index (κ3) is 5.86. The zero-order valence-electron chi connectivity index (χ0n) is 29.3. The van der Waals surface area contributed by atoms with Gasteiger partial charge in [-0.05, 0) is 103 Å². The van der Waals surface area contributed by atoms with Crippen molar-refractivity contribution in [1.82, 2.24) is 14.5 Å². The Balaban J connectivity index is 0.00000392. The van der Waals surface area contributed by atoms with Crippen LogP contribution in [0.5, 0.6) is 11.6 Å². The largest absolute Gasteiger partial charge is 0.504 e. The number of para-hydroxylation sites is 2. The van der Waals surface area contributed by atoms with Gasteiger partial charge < -0.3 is 19.1 Å². The number of hydrogen-bond acceptors (Lipinski definition) is 5. The third-order valence-corrected chi connectivity index (χ3v) is 9.39. The van der Waals surface area contributed by atoms with Crippen LogP contribution in [0.3, 0.4) is 0 Å². The molecular formula is C43H38N5OPt-3. The van der Waals surface area contributed by atoms with Crippen molar-refractivity contribution in [2.24, 2.45) is 0 Å². The van der Waals surface area contributed by atoms with Crippen LogP contribution in [0.25, 0.3) is 38.8 Å². The second-order valence-electron chi connectivity index (χ2n) is 14.0. The molecule has 3 aromatic heterocycles. The van der Waals surface area contributed by atoms with Gasteiger partial charge in [0.05, 0.1) is 0 Å². The Morgan fingerprint density at radius 1 is 0.760 bits per heavy atom. The normalized spacial score (nSPS) is 12.8. The molecule has 7 aromatic rings. The number of anilines is 3. The Bertz CT molecular complexity index is 2380. The van der Waals surface area contributed by atoms with Gasteiger partial charge in [0.1, 0.15) is 11.7 Å². The first-order valence-corrected chi connectivity index (χ1v) is 16.6. The smallest absolute Gasteiger partial charge is 0.135 e. The Labute approximate surface area is 308 Å². The van der Waals surface area contributed by atoms with Crippen LogP contribution in [0.1, 0.15) is 43.0 Å². The molecule has 1 aliphatic heterocycles. The van der Waals surface area contributed by atoms with Gasteiger partial charge in [0.15, 0.2) is 0 Å². The summed E-state index contributed by atoms with van der Waals surface area (Å²) in [5.74, 6) is 1.77. The zero-order chi connectivity index (χ0) is 34.0. The molecule has 4 aromatic carbocycles. The Kier molecular flexibility index (Phi) is 8.56. The molecule has 1 aliphatic rings. The molecule has 0 radical (unpaired) electrons. The quantitative estimate of drug-likeness (QED) is 0.162. The Hall–Kier alpha value is -4.93. The van der Waals surface area contributed by atoms with Crippen molar-refractivity contribution < 1.29 is 25.8 Å². The van der Waals surface area contributed by atoms with E-state index in [1.54, 1.807) is 6.20 Å². The zero-order valence-corrected chi connectivity index (χ0v) is 31.5. The maximum atomic E-state index is 6.39. The topological polar surface area (TPSA) is 46.4 Å². The van der Waals surface area contributed by atoms with Crippen molar-refractivity contribution in [3.8, 4) is 28.6 Å². The van der Waals surface area contributed by atoms with Gasteiger partial charge in [-0.2, -0.15) is 30.6 Å². The first-order chi connectivity index (χ1) is 23.5. The molecule has 254 valence electrons. The minimum atomic E-state index is -0.0310. The first kappa shape index (κ1) is 33.6. The fraction of sp³-hybridized carbons (Fsp3) is 0.186. The molecule has 0 atom stereocenters. The van der Waals surface area contributed by atoms with E-state index < -0.39 is 0 Å². The number of aryl methyl sites for hydroxylation is 3. The number of hydrogen-bond donors (Lipinski definition) is 0. The van der Waals surface area contributed by atoms with Gasteiger partial charge in [-0.25, -0.2) is 4.98 Å². The van der Waals surface area contributed by atoms with E-state index in [0.29, 0.717) is 11.6 Å². The summed E-state index contributed by atoms with van der Waals surface area (Å²) in [6, 6.07) is 36.8. The Morgan fingerprint density at radius 3 is 2.26 bits per heavy atom. The van der Waals surface area contributed by atoms with E-state index in [4.69, 9.17) is 9.72 Å². The molecule has 7 heteroatoms. The van der Waals surface area contributed by atoms with Gasteiger partial charge in [-0.1, -0.05) is 68.2 Å². The summed E-state index contributed by atoms with van der Waals surface area (Å²) < 4.78 is 8.59. The molecule has 0 spiro atoms. The summed E-state index contributed by atoms with van der Waals surface area (Å²) in [4.78, 5) is 13.6. The fourth-order valence-electron chi connectivity index (χ4n) is 7.13. The molecule has 8 rings (SSSR count). The number of nitrogens with zero attached hydrogens (tertiary/aromatic N) is 5. The van der Waals surface area contributed by atoms with E-state index in [1.165, 1.54) is 33.4 Å². The van der Waals surface area contributed by atoms with Crippen LogP contribution in [-0.2, 0) is 26.5 Å². The van der Waals surface area contributed by atoms with Crippen LogP contribution < -0.4 is 14.5 Å². The third-order valence-electron chi connectivity index (χ3n) is 9.39. The number of benzene rings is 4. The molecule has 0 fully saturated rings. The minimum absolute atomic E-state index is 0. The summed E-state index contributed by atoms with van der Waals surface area (Å²) in [7, 11) is 2.04. The summed E-state index contributed by atoms with van der Waals surface area (Å²) in [5.41, 5.74) is 12.5. The van der Waals surface area contributed by atoms with E-state index >= 15 is 0 Å². The molecule has 4 heterocycles. The van der Waals surface area contributed by atoms with Gasteiger partial charge in [0, 0.05) is 49.9 Å². The van der Waals surface area contributed by atoms with Crippen LogP contribution in [0.4, 0.5) is 17.1 Å². The van der Waals surface area contributed by atoms with E-state index in [-0.39, 0.29) is 26.5 Å². The van der Waals surface area contributed by atoms with Crippen molar-refractivity contribution in [2.45, 2.75) is 47.0 Å². The minimum Gasteiger partial charge on any atom is -0.504 e. The predicted octanol–water partition coefficient (Wildman–Crippen LogP) is 10.6. The fourth-order valence-corrected chi connectivity index (χ4v) is 7.13. The van der Waals surface area contributed by atoms with E-state index in [2.05, 4.69) is 134 Å². The average Bonchev–Trinajstić information content (AvgIpc) is 3.58. The first-order valence-electron chi connectivity index (χ1n) is 16.6. The van der Waals surface area contributed by atoms with Crippen molar-refractivity contribution >= 4 is 38.9 Å². The summed E-state index contributed by atoms with van der Waals surface area (Å²) in [5, 5.41) is 2.21. The van der Waals surface area contributed by atoms with E-state index in [0.717, 1.165) is 44.7 Å². The predicted molar refractivity (Wildman–Crippen MR) is 200 cm³/mol. The molecular weight excluding hydrogens is 798 g/mol. The van der Waals surface area contributed by atoms with Crippen LogP contribution in [0.15, 0.2) is 97.3 Å². The number of ether oxygens (including phenoxy) is 1. The second-order valence-corrected chi connectivity index (χ2v) is 14.0. The number of rotatable bonds is 5. The van der Waals surface area contributed by atoms with Crippen LogP contribution in [0, 0.1) is 39.6 Å². The monoisotopic (exact) mass is 835 g/mol.